The van der Waals surface area contributed by atoms with Crippen LogP contribution in [0.15, 0.2) is 54.6 Å². The molecule has 2 aromatic carbocycles. The fourth-order valence-electron chi connectivity index (χ4n) is 2.86. The summed E-state index contributed by atoms with van der Waals surface area (Å²) in [7, 11) is 0. The van der Waals surface area contributed by atoms with Gasteiger partial charge in [-0.15, -0.1) is 0 Å². The zero-order chi connectivity index (χ0) is 16.2. The summed E-state index contributed by atoms with van der Waals surface area (Å²) in [4.78, 5) is 28.0. The largest absolute Gasteiger partial charge is 0.322 e. The first-order chi connectivity index (χ1) is 11.2. The molecule has 5 heteroatoms. The third kappa shape index (κ3) is 3.10. The quantitative estimate of drug-likeness (QED) is 0.932. The van der Waals surface area contributed by atoms with E-state index in [1.54, 1.807) is 17.0 Å². The van der Waals surface area contributed by atoms with Crippen LogP contribution >= 0.6 is 0 Å². The molecule has 5 nitrogen and oxygen atoms in total. The average Bonchev–Trinajstić information content (AvgIpc) is 3.04. The van der Waals surface area contributed by atoms with Crippen molar-refractivity contribution in [2.24, 2.45) is 5.73 Å². The predicted molar refractivity (Wildman–Crippen MR) is 90.3 cm³/mol. The number of fused-ring (bicyclic) bond motifs is 1. The Morgan fingerprint density at radius 1 is 1.04 bits per heavy atom. The van der Waals surface area contributed by atoms with E-state index < -0.39 is 0 Å². The topological polar surface area (TPSA) is 66.6 Å². The van der Waals surface area contributed by atoms with Gasteiger partial charge >= 0.3 is 0 Å². The average molecular weight is 309 g/mol. The van der Waals surface area contributed by atoms with E-state index in [4.69, 9.17) is 5.73 Å². The van der Waals surface area contributed by atoms with Crippen LogP contribution in [0.4, 0.5) is 11.4 Å². The van der Waals surface area contributed by atoms with Gasteiger partial charge in [-0.1, -0.05) is 36.4 Å². The van der Waals surface area contributed by atoms with Gasteiger partial charge in [0.25, 0.3) is 0 Å². The Morgan fingerprint density at radius 2 is 1.74 bits per heavy atom. The van der Waals surface area contributed by atoms with Gasteiger partial charge in [0.1, 0.15) is 6.54 Å². The van der Waals surface area contributed by atoms with Crippen LogP contribution in [0.5, 0.6) is 0 Å². The van der Waals surface area contributed by atoms with E-state index in [9.17, 15) is 9.59 Å². The Balaban J connectivity index is 1.81. The molecule has 2 amide bonds. The zero-order valence-corrected chi connectivity index (χ0v) is 12.8. The maximum atomic E-state index is 12.7. The van der Waals surface area contributed by atoms with Gasteiger partial charge in [0, 0.05) is 17.9 Å². The van der Waals surface area contributed by atoms with Gasteiger partial charge in [-0.2, -0.15) is 0 Å². The molecule has 0 spiro atoms. The molecular weight excluding hydrogens is 290 g/mol. The molecule has 0 aliphatic carbocycles. The molecule has 0 fully saturated rings. The SMILES string of the molecule is NCC(=O)N(CC(=O)N1CCc2ccccc21)c1ccccc1. The monoisotopic (exact) mass is 309 g/mol. The highest BCUT2D eigenvalue weighted by molar-refractivity contribution is 6.04. The predicted octanol–water partition coefficient (Wildman–Crippen LogP) is 1.57. The van der Waals surface area contributed by atoms with Crippen LogP contribution in [-0.4, -0.2) is 31.4 Å². The molecule has 0 atom stereocenters. The molecule has 0 radical (unpaired) electrons. The number of amides is 2. The number of hydrogen-bond donors (Lipinski definition) is 1. The van der Waals surface area contributed by atoms with Crippen molar-refractivity contribution in [2.75, 3.05) is 29.4 Å². The summed E-state index contributed by atoms with van der Waals surface area (Å²) in [5.41, 5.74) is 8.28. The molecule has 118 valence electrons. The number of nitrogens with two attached hydrogens (primary N) is 1. The molecule has 2 N–H and O–H groups in total. The van der Waals surface area contributed by atoms with E-state index in [0.717, 1.165) is 17.7 Å². The van der Waals surface area contributed by atoms with Crippen LogP contribution in [0, 0.1) is 0 Å². The first kappa shape index (κ1) is 15.2. The Labute approximate surface area is 135 Å². The van der Waals surface area contributed by atoms with E-state index in [2.05, 4.69) is 0 Å². The number of hydrogen-bond acceptors (Lipinski definition) is 3. The number of para-hydroxylation sites is 2. The number of nitrogens with zero attached hydrogens (tertiary/aromatic N) is 2. The molecular formula is C18H19N3O2. The smallest absolute Gasteiger partial charge is 0.247 e. The van der Waals surface area contributed by atoms with Crippen LogP contribution in [0.1, 0.15) is 5.56 Å². The lowest BCUT2D eigenvalue weighted by atomic mass is 10.2. The third-order valence-corrected chi connectivity index (χ3v) is 4.03. The number of anilines is 2. The first-order valence-corrected chi connectivity index (χ1v) is 7.64. The summed E-state index contributed by atoms with van der Waals surface area (Å²) in [5.74, 6) is -0.363. The van der Waals surface area contributed by atoms with Gasteiger partial charge in [0.2, 0.25) is 11.8 Å². The van der Waals surface area contributed by atoms with Crippen molar-refractivity contribution in [3.63, 3.8) is 0 Å². The van der Waals surface area contributed by atoms with Gasteiger partial charge in [0.15, 0.2) is 0 Å². The molecule has 1 aliphatic heterocycles. The molecule has 23 heavy (non-hydrogen) atoms. The first-order valence-electron chi connectivity index (χ1n) is 7.64. The van der Waals surface area contributed by atoms with Gasteiger partial charge in [-0.05, 0) is 30.2 Å². The summed E-state index contributed by atoms with van der Waals surface area (Å²) in [6.07, 6.45) is 0.845. The zero-order valence-electron chi connectivity index (χ0n) is 12.8. The van der Waals surface area contributed by atoms with E-state index in [1.165, 1.54) is 4.90 Å². The number of benzene rings is 2. The minimum absolute atomic E-state index is 0.00557. The summed E-state index contributed by atoms with van der Waals surface area (Å²) in [6, 6.07) is 17.0. The molecule has 0 aromatic heterocycles. The van der Waals surface area contributed by atoms with E-state index in [-0.39, 0.29) is 24.9 Å². The molecule has 1 heterocycles. The number of carbonyl (C=O) groups is 2. The van der Waals surface area contributed by atoms with Crippen molar-refractivity contribution in [3.05, 3.63) is 60.2 Å². The molecule has 0 saturated heterocycles. The van der Waals surface area contributed by atoms with E-state index in [1.807, 2.05) is 42.5 Å². The summed E-state index contributed by atoms with van der Waals surface area (Å²) >= 11 is 0. The lowest BCUT2D eigenvalue weighted by Crippen LogP contribution is -2.44. The maximum Gasteiger partial charge on any atom is 0.247 e. The Bertz CT molecular complexity index is 715. The van der Waals surface area contributed by atoms with E-state index in [0.29, 0.717) is 12.2 Å². The highest BCUT2D eigenvalue weighted by Gasteiger charge is 2.27. The fraction of sp³-hybridized carbons (Fsp3) is 0.222. The molecule has 0 unspecified atom stereocenters. The van der Waals surface area contributed by atoms with Crippen LogP contribution in [0.3, 0.4) is 0 Å². The van der Waals surface area contributed by atoms with Crippen LogP contribution in [-0.2, 0) is 16.0 Å². The Kier molecular flexibility index (Phi) is 4.39. The van der Waals surface area contributed by atoms with Crippen molar-refractivity contribution in [1.29, 1.82) is 0 Å². The highest BCUT2D eigenvalue weighted by Crippen LogP contribution is 2.27. The van der Waals surface area contributed by atoms with Crippen molar-refractivity contribution in [1.82, 2.24) is 0 Å². The van der Waals surface area contributed by atoms with Gasteiger partial charge in [-0.25, -0.2) is 0 Å². The van der Waals surface area contributed by atoms with Crippen molar-refractivity contribution < 1.29 is 9.59 Å². The Morgan fingerprint density at radius 3 is 2.48 bits per heavy atom. The van der Waals surface area contributed by atoms with Gasteiger partial charge in [-0.3, -0.25) is 9.59 Å². The molecule has 0 bridgehead atoms. The minimum Gasteiger partial charge on any atom is -0.322 e. The summed E-state index contributed by atoms with van der Waals surface area (Å²) in [6.45, 7) is 0.519. The molecule has 3 rings (SSSR count). The molecule has 0 saturated carbocycles. The normalized spacial score (nSPS) is 12.8. The second-order valence-corrected chi connectivity index (χ2v) is 5.44. The van der Waals surface area contributed by atoms with E-state index >= 15 is 0 Å². The lowest BCUT2D eigenvalue weighted by Gasteiger charge is -2.25. The minimum atomic E-state index is -0.267. The fourth-order valence-corrected chi connectivity index (χ4v) is 2.86. The summed E-state index contributed by atoms with van der Waals surface area (Å²) < 4.78 is 0. The van der Waals surface area contributed by atoms with Crippen molar-refractivity contribution >= 4 is 23.2 Å². The van der Waals surface area contributed by atoms with Crippen LogP contribution < -0.4 is 15.5 Å². The summed E-state index contributed by atoms with van der Waals surface area (Å²) in [5, 5.41) is 0. The molecule has 1 aliphatic rings. The molecule has 2 aromatic rings. The second-order valence-electron chi connectivity index (χ2n) is 5.44. The number of rotatable bonds is 4. The van der Waals surface area contributed by atoms with Crippen molar-refractivity contribution in [2.45, 2.75) is 6.42 Å². The maximum absolute atomic E-state index is 12.7. The standard InChI is InChI=1S/C18H19N3O2/c19-12-17(22)21(15-7-2-1-3-8-15)13-18(23)20-11-10-14-6-4-5-9-16(14)20/h1-9H,10-13,19H2. The van der Waals surface area contributed by atoms with Gasteiger partial charge < -0.3 is 15.5 Å². The Hall–Kier alpha value is -2.66. The highest BCUT2D eigenvalue weighted by atomic mass is 16.2. The third-order valence-electron chi connectivity index (χ3n) is 4.03. The van der Waals surface area contributed by atoms with Crippen LogP contribution in [0.2, 0.25) is 0 Å². The number of carbonyl (C=O) groups excluding carboxylic acids is 2. The van der Waals surface area contributed by atoms with Crippen LogP contribution in [0.25, 0.3) is 0 Å². The van der Waals surface area contributed by atoms with Crippen molar-refractivity contribution in [3.8, 4) is 0 Å². The second kappa shape index (κ2) is 6.62. The van der Waals surface area contributed by atoms with Gasteiger partial charge in [0.05, 0.1) is 6.54 Å². The lowest BCUT2D eigenvalue weighted by molar-refractivity contribution is -0.121.